The van der Waals surface area contributed by atoms with Gasteiger partial charge in [0.1, 0.15) is 0 Å². The minimum absolute atomic E-state index is 0.0381. The number of amides is 2. The van der Waals surface area contributed by atoms with Gasteiger partial charge in [0, 0.05) is 48.0 Å². The second-order valence-corrected chi connectivity index (χ2v) is 9.96. The summed E-state index contributed by atoms with van der Waals surface area (Å²) in [7, 11) is 0. The summed E-state index contributed by atoms with van der Waals surface area (Å²) in [6.45, 7) is 7.31. The van der Waals surface area contributed by atoms with Crippen LogP contribution in [0.15, 0.2) is 59.5 Å². The van der Waals surface area contributed by atoms with Crippen molar-refractivity contribution < 1.29 is 19.2 Å². The molecule has 0 radical (unpaired) electrons. The number of imide groups is 1. The molecular formula is C27H26N4O5S. The Hall–Kier alpha value is -3.89. The standard InChI is InChI=1S/C27H26N4O5S/c1-18-15-21(19(2)30(18)23-9-7-22(8-10-23)28-11-13-36-14-12-28)16-25-26(32)29(27(33)37-25)17-20-3-5-24(6-4-20)31(34)35/h3-10,15-16H,11-14,17H2,1-2H3/b25-16-. The van der Waals surface area contributed by atoms with Crippen LogP contribution in [0.5, 0.6) is 0 Å². The van der Waals surface area contributed by atoms with E-state index in [9.17, 15) is 19.7 Å². The van der Waals surface area contributed by atoms with Gasteiger partial charge in [-0.2, -0.15) is 0 Å². The molecule has 10 heteroatoms. The lowest BCUT2D eigenvalue weighted by atomic mass is 10.2. The molecule has 2 aromatic carbocycles. The largest absolute Gasteiger partial charge is 0.378 e. The van der Waals surface area contributed by atoms with Crippen molar-refractivity contribution in [3.05, 3.63) is 92.1 Å². The van der Waals surface area contributed by atoms with Gasteiger partial charge in [-0.25, -0.2) is 0 Å². The minimum Gasteiger partial charge on any atom is -0.378 e. The molecule has 37 heavy (non-hydrogen) atoms. The Morgan fingerprint density at radius 2 is 1.65 bits per heavy atom. The third-order valence-corrected chi connectivity index (χ3v) is 7.51. The molecule has 190 valence electrons. The molecule has 2 amide bonds. The van der Waals surface area contributed by atoms with Crippen LogP contribution < -0.4 is 4.90 Å². The molecule has 9 nitrogen and oxygen atoms in total. The first-order chi connectivity index (χ1) is 17.8. The predicted molar refractivity (Wildman–Crippen MR) is 143 cm³/mol. The molecule has 3 heterocycles. The van der Waals surface area contributed by atoms with Gasteiger partial charge in [-0.05, 0) is 73.1 Å². The van der Waals surface area contributed by atoms with Crippen LogP contribution in [0, 0.1) is 24.0 Å². The highest BCUT2D eigenvalue weighted by atomic mass is 32.2. The fourth-order valence-corrected chi connectivity index (χ4v) is 5.48. The summed E-state index contributed by atoms with van der Waals surface area (Å²) >= 11 is 0.907. The Morgan fingerprint density at radius 1 is 1.00 bits per heavy atom. The molecule has 2 saturated heterocycles. The quantitative estimate of drug-likeness (QED) is 0.255. The van der Waals surface area contributed by atoms with Crippen LogP contribution in [0.2, 0.25) is 0 Å². The van der Waals surface area contributed by atoms with E-state index >= 15 is 0 Å². The van der Waals surface area contributed by atoms with Crippen LogP contribution in [0.3, 0.4) is 0 Å². The summed E-state index contributed by atoms with van der Waals surface area (Å²) in [5, 5.41) is 10.5. The molecule has 3 aromatic rings. The molecule has 0 saturated carbocycles. The van der Waals surface area contributed by atoms with E-state index < -0.39 is 4.92 Å². The third kappa shape index (κ3) is 5.03. The second-order valence-electron chi connectivity index (χ2n) is 8.97. The Kier molecular flexibility index (Phi) is 6.86. The summed E-state index contributed by atoms with van der Waals surface area (Å²) in [6, 6.07) is 16.3. The number of hydrogen-bond donors (Lipinski definition) is 0. The smallest absolute Gasteiger partial charge is 0.293 e. The van der Waals surface area contributed by atoms with E-state index in [0.717, 1.165) is 66.4 Å². The monoisotopic (exact) mass is 518 g/mol. The van der Waals surface area contributed by atoms with Crippen molar-refractivity contribution >= 4 is 40.4 Å². The van der Waals surface area contributed by atoms with Crippen LogP contribution >= 0.6 is 11.8 Å². The van der Waals surface area contributed by atoms with Gasteiger partial charge in [-0.1, -0.05) is 12.1 Å². The molecule has 5 rings (SSSR count). The number of rotatable bonds is 6. The average Bonchev–Trinajstić information content (AvgIpc) is 3.33. The van der Waals surface area contributed by atoms with Gasteiger partial charge < -0.3 is 14.2 Å². The molecule has 2 aliphatic heterocycles. The maximum absolute atomic E-state index is 13.0. The number of thioether (sulfide) groups is 1. The highest BCUT2D eigenvalue weighted by molar-refractivity contribution is 8.18. The van der Waals surface area contributed by atoms with E-state index in [1.807, 2.05) is 19.9 Å². The Morgan fingerprint density at radius 3 is 2.30 bits per heavy atom. The van der Waals surface area contributed by atoms with Gasteiger partial charge in [-0.15, -0.1) is 0 Å². The van der Waals surface area contributed by atoms with Crippen molar-refractivity contribution in [1.82, 2.24) is 9.47 Å². The SMILES string of the molecule is Cc1cc(/C=C2\SC(=O)N(Cc3ccc([N+](=O)[O-])cc3)C2=O)c(C)n1-c1ccc(N2CCOCC2)cc1. The third-order valence-electron chi connectivity index (χ3n) is 6.60. The molecule has 0 atom stereocenters. The Balaban J connectivity index is 1.35. The Bertz CT molecular complexity index is 1390. The maximum Gasteiger partial charge on any atom is 0.293 e. The molecule has 0 unspecified atom stereocenters. The van der Waals surface area contributed by atoms with Gasteiger partial charge in [0.25, 0.3) is 16.8 Å². The summed E-state index contributed by atoms with van der Waals surface area (Å²) in [4.78, 5) is 39.9. The van der Waals surface area contributed by atoms with Gasteiger partial charge in [-0.3, -0.25) is 24.6 Å². The van der Waals surface area contributed by atoms with Gasteiger partial charge in [0.15, 0.2) is 0 Å². The first-order valence-corrected chi connectivity index (χ1v) is 12.7. The van der Waals surface area contributed by atoms with Gasteiger partial charge in [0.2, 0.25) is 0 Å². The summed E-state index contributed by atoms with van der Waals surface area (Å²) in [5.74, 6) is -0.368. The number of morpholine rings is 1. The highest BCUT2D eigenvalue weighted by Crippen LogP contribution is 2.35. The highest BCUT2D eigenvalue weighted by Gasteiger charge is 2.35. The van der Waals surface area contributed by atoms with E-state index in [4.69, 9.17) is 4.74 Å². The molecule has 0 bridgehead atoms. The fourth-order valence-electron chi connectivity index (χ4n) is 4.65. The number of nitro groups is 1. The van der Waals surface area contributed by atoms with E-state index in [1.165, 1.54) is 17.0 Å². The van der Waals surface area contributed by atoms with Crippen molar-refractivity contribution in [3.8, 4) is 5.69 Å². The fraction of sp³-hybridized carbons (Fsp3) is 0.259. The number of aromatic nitrogens is 1. The number of carbonyl (C=O) groups excluding carboxylic acids is 2. The van der Waals surface area contributed by atoms with Gasteiger partial charge >= 0.3 is 0 Å². The number of hydrogen-bond acceptors (Lipinski definition) is 7. The second kappa shape index (κ2) is 10.2. The first-order valence-electron chi connectivity index (χ1n) is 11.9. The van der Waals surface area contributed by atoms with Crippen LogP contribution in [0.1, 0.15) is 22.5 Å². The predicted octanol–water partition coefficient (Wildman–Crippen LogP) is 5.08. The van der Waals surface area contributed by atoms with E-state index in [1.54, 1.807) is 18.2 Å². The number of nitrogens with zero attached hydrogens (tertiary/aromatic N) is 4. The van der Waals surface area contributed by atoms with Crippen molar-refractivity contribution in [2.24, 2.45) is 0 Å². The zero-order valence-electron chi connectivity index (χ0n) is 20.5. The number of non-ortho nitro benzene ring substituents is 1. The van der Waals surface area contributed by atoms with Crippen molar-refractivity contribution in [1.29, 1.82) is 0 Å². The van der Waals surface area contributed by atoms with Gasteiger partial charge in [0.05, 0.1) is 29.6 Å². The number of ether oxygens (including phenoxy) is 1. The topological polar surface area (TPSA) is 97.9 Å². The van der Waals surface area contributed by atoms with Crippen LogP contribution in [0.25, 0.3) is 11.8 Å². The zero-order valence-corrected chi connectivity index (χ0v) is 21.4. The lowest BCUT2D eigenvalue weighted by Gasteiger charge is -2.29. The van der Waals surface area contributed by atoms with Crippen molar-refractivity contribution in [2.75, 3.05) is 31.2 Å². The lowest BCUT2D eigenvalue weighted by Crippen LogP contribution is -2.36. The number of anilines is 1. The minimum atomic E-state index is -0.485. The van der Waals surface area contributed by atoms with E-state index in [0.29, 0.717) is 10.5 Å². The lowest BCUT2D eigenvalue weighted by molar-refractivity contribution is -0.384. The molecule has 1 aromatic heterocycles. The Labute approximate surface area is 218 Å². The van der Waals surface area contributed by atoms with E-state index in [-0.39, 0.29) is 23.4 Å². The van der Waals surface area contributed by atoms with Crippen molar-refractivity contribution in [3.63, 3.8) is 0 Å². The number of aryl methyl sites for hydroxylation is 1. The van der Waals surface area contributed by atoms with Crippen molar-refractivity contribution in [2.45, 2.75) is 20.4 Å². The summed E-state index contributed by atoms with van der Waals surface area (Å²) < 4.78 is 7.58. The number of benzene rings is 2. The number of carbonyl (C=O) groups is 2. The normalized spacial score (nSPS) is 17.2. The van der Waals surface area contributed by atoms with Crippen LogP contribution in [-0.4, -0.2) is 51.8 Å². The molecule has 0 spiro atoms. The molecule has 2 aliphatic rings. The summed E-state index contributed by atoms with van der Waals surface area (Å²) in [5.41, 5.74) is 5.66. The van der Waals surface area contributed by atoms with E-state index in [2.05, 4.69) is 33.7 Å². The molecule has 0 N–H and O–H groups in total. The zero-order chi connectivity index (χ0) is 26.1. The maximum atomic E-state index is 13.0. The first kappa shape index (κ1) is 24.8. The molecule has 0 aliphatic carbocycles. The summed E-state index contributed by atoms with van der Waals surface area (Å²) in [6.07, 6.45) is 1.77. The van der Waals surface area contributed by atoms with Crippen LogP contribution in [0.4, 0.5) is 16.2 Å². The molecule has 2 fully saturated rings. The molecular weight excluding hydrogens is 492 g/mol. The van der Waals surface area contributed by atoms with Crippen LogP contribution in [-0.2, 0) is 16.1 Å². The average molecular weight is 519 g/mol. The number of nitro benzene ring substituents is 1.